The molecular weight excluding hydrogens is 460 g/mol. The van der Waals surface area contributed by atoms with E-state index >= 15 is 0 Å². The van der Waals surface area contributed by atoms with Crippen molar-refractivity contribution in [3.05, 3.63) is 93.0 Å². The Labute approximate surface area is 187 Å². The molecule has 0 spiro atoms. The fourth-order valence-electron chi connectivity index (χ4n) is 2.62. The van der Waals surface area contributed by atoms with E-state index in [9.17, 15) is 28.4 Å². The van der Waals surface area contributed by atoms with Crippen molar-refractivity contribution in [3.8, 4) is 0 Å². The Bertz CT molecular complexity index is 1310. The van der Waals surface area contributed by atoms with E-state index in [-0.39, 0.29) is 16.9 Å². The molecule has 32 heavy (non-hydrogen) atoms. The highest BCUT2D eigenvalue weighted by Crippen LogP contribution is 2.29. The van der Waals surface area contributed by atoms with E-state index in [0.29, 0.717) is 10.6 Å². The van der Waals surface area contributed by atoms with Crippen LogP contribution < -0.4 is 10.1 Å². The third kappa shape index (κ3) is 5.39. The number of benzene rings is 3. The van der Waals surface area contributed by atoms with Gasteiger partial charge in [0.05, 0.1) is 28.1 Å². The lowest BCUT2D eigenvalue weighted by atomic mass is 10.2. The highest BCUT2D eigenvalue weighted by molar-refractivity contribution is 7.93. The number of para-hydroxylation sites is 1. The van der Waals surface area contributed by atoms with Gasteiger partial charge in [0.25, 0.3) is 15.7 Å². The van der Waals surface area contributed by atoms with Gasteiger partial charge in [0, 0.05) is 17.2 Å². The van der Waals surface area contributed by atoms with Crippen LogP contribution in [0.5, 0.6) is 0 Å². The number of hydrogen-bond donors (Lipinski definition) is 3. The molecular formula is C20H15ClN4O6S. The molecule has 164 valence electrons. The Hall–Kier alpha value is -3.96. The summed E-state index contributed by atoms with van der Waals surface area (Å²) in [4.78, 5) is 21.3. The van der Waals surface area contributed by atoms with Gasteiger partial charge in [-0.25, -0.2) is 13.2 Å². The van der Waals surface area contributed by atoms with E-state index in [2.05, 4.69) is 15.2 Å². The number of sulfonamides is 1. The van der Waals surface area contributed by atoms with Gasteiger partial charge in [0.1, 0.15) is 4.90 Å². The minimum Gasteiger partial charge on any atom is -0.478 e. The summed E-state index contributed by atoms with van der Waals surface area (Å²) in [6.07, 6.45) is 1.40. The van der Waals surface area contributed by atoms with Crippen molar-refractivity contribution in [2.45, 2.75) is 4.90 Å². The highest BCUT2D eigenvalue weighted by atomic mass is 35.5. The van der Waals surface area contributed by atoms with Crippen molar-refractivity contribution >= 4 is 50.9 Å². The maximum atomic E-state index is 13.0. The molecule has 0 unspecified atom stereocenters. The summed E-state index contributed by atoms with van der Waals surface area (Å²) in [6, 6.07) is 15.2. The van der Waals surface area contributed by atoms with Crippen molar-refractivity contribution in [1.29, 1.82) is 0 Å². The number of nitrogens with one attached hydrogen (secondary N) is 2. The number of carboxylic acid groups (broad SMARTS) is 1. The number of anilines is 2. The largest absolute Gasteiger partial charge is 0.478 e. The molecule has 10 nitrogen and oxygen atoms in total. The molecule has 0 aliphatic carbocycles. The third-order valence-corrected chi connectivity index (χ3v) is 5.79. The lowest BCUT2D eigenvalue weighted by Gasteiger charge is -2.13. The number of rotatable bonds is 8. The second kappa shape index (κ2) is 9.45. The van der Waals surface area contributed by atoms with Crippen LogP contribution in [0, 0.1) is 10.1 Å². The van der Waals surface area contributed by atoms with Crippen LogP contribution in [0.1, 0.15) is 15.9 Å². The average Bonchev–Trinajstić information content (AvgIpc) is 2.75. The van der Waals surface area contributed by atoms with E-state index < -0.39 is 31.5 Å². The van der Waals surface area contributed by atoms with Crippen LogP contribution in [0.25, 0.3) is 0 Å². The zero-order chi connectivity index (χ0) is 23.3. The molecule has 0 bridgehead atoms. The molecule has 0 saturated heterocycles. The number of nitro groups is 1. The Morgan fingerprint density at radius 2 is 1.75 bits per heavy atom. The lowest BCUT2D eigenvalue weighted by molar-refractivity contribution is -0.385. The number of halogens is 1. The first-order valence-corrected chi connectivity index (χ1v) is 10.7. The zero-order valence-electron chi connectivity index (χ0n) is 16.1. The maximum absolute atomic E-state index is 13.0. The van der Waals surface area contributed by atoms with Crippen molar-refractivity contribution < 1.29 is 23.2 Å². The van der Waals surface area contributed by atoms with Gasteiger partial charge in [-0.15, -0.1) is 0 Å². The van der Waals surface area contributed by atoms with Gasteiger partial charge in [-0.1, -0.05) is 35.9 Å². The van der Waals surface area contributed by atoms with Crippen molar-refractivity contribution in [2.75, 3.05) is 10.1 Å². The molecule has 0 aliphatic rings. The first kappa shape index (κ1) is 22.7. The Kier molecular flexibility index (Phi) is 6.71. The fourth-order valence-corrected chi connectivity index (χ4v) is 4.01. The van der Waals surface area contributed by atoms with E-state index in [4.69, 9.17) is 11.6 Å². The number of carboxylic acids is 1. The summed E-state index contributed by atoms with van der Waals surface area (Å²) in [6.45, 7) is 0. The molecule has 0 atom stereocenters. The summed E-state index contributed by atoms with van der Waals surface area (Å²) >= 11 is 5.82. The van der Waals surface area contributed by atoms with Gasteiger partial charge in [-0.05, 0) is 35.9 Å². The standard InChI is InChI=1S/C20H15ClN4O6S/c21-14-7-5-13(6-8-14)12-22-23-18-10-9-15(25(28)29)11-19(18)32(30,31)24-17-4-2-1-3-16(17)20(26)27/h1-12,23-24H,(H,26,27). The molecule has 0 aliphatic heterocycles. The molecule has 0 amide bonds. The van der Waals surface area contributed by atoms with Crippen LogP contribution in [0.3, 0.4) is 0 Å². The Morgan fingerprint density at radius 1 is 1.06 bits per heavy atom. The van der Waals surface area contributed by atoms with E-state index in [1.54, 1.807) is 24.3 Å². The zero-order valence-corrected chi connectivity index (χ0v) is 17.7. The molecule has 12 heteroatoms. The van der Waals surface area contributed by atoms with Crippen LogP contribution in [0.4, 0.5) is 17.1 Å². The minimum atomic E-state index is -4.43. The molecule has 3 N–H and O–H groups in total. The number of nitrogens with zero attached hydrogens (tertiary/aromatic N) is 2. The molecule has 3 aromatic rings. The van der Waals surface area contributed by atoms with Crippen molar-refractivity contribution in [3.63, 3.8) is 0 Å². The number of hydrazone groups is 1. The number of hydrogen-bond acceptors (Lipinski definition) is 7. The van der Waals surface area contributed by atoms with Crippen LogP contribution in [0.2, 0.25) is 5.02 Å². The summed E-state index contributed by atoms with van der Waals surface area (Å²) < 4.78 is 28.2. The second-order valence-electron chi connectivity index (χ2n) is 6.32. The van der Waals surface area contributed by atoms with Gasteiger partial charge in [-0.2, -0.15) is 5.10 Å². The lowest BCUT2D eigenvalue weighted by Crippen LogP contribution is -2.17. The Morgan fingerprint density at radius 3 is 2.41 bits per heavy atom. The predicted octanol–water partition coefficient (Wildman–Crippen LogP) is 4.19. The number of carbonyl (C=O) groups is 1. The smallest absolute Gasteiger partial charge is 0.337 e. The van der Waals surface area contributed by atoms with Crippen molar-refractivity contribution in [2.24, 2.45) is 5.10 Å². The molecule has 0 fully saturated rings. The molecule has 3 aromatic carbocycles. The number of nitro benzene ring substituents is 1. The summed E-state index contributed by atoms with van der Waals surface area (Å²) in [7, 11) is -4.43. The fraction of sp³-hybridized carbons (Fsp3) is 0. The maximum Gasteiger partial charge on any atom is 0.337 e. The third-order valence-electron chi connectivity index (χ3n) is 4.14. The van der Waals surface area contributed by atoms with E-state index in [1.807, 2.05) is 0 Å². The Balaban J connectivity index is 1.97. The molecule has 0 radical (unpaired) electrons. The minimum absolute atomic E-state index is 0.0545. The monoisotopic (exact) mass is 474 g/mol. The van der Waals surface area contributed by atoms with Crippen molar-refractivity contribution in [1.82, 2.24) is 0 Å². The highest BCUT2D eigenvalue weighted by Gasteiger charge is 2.24. The summed E-state index contributed by atoms with van der Waals surface area (Å²) in [5.41, 5.74) is 2.22. The van der Waals surface area contributed by atoms with E-state index in [0.717, 1.165) is 12.1 Å². The van der Waals surface area contributed by atoms with Gasteiger partial charge >= 0.3 is 5.97 Å². The summed E-state index contributed by atoms with van der Waals surface area (Å²) in [5.74, 6) is -1.34. The first-order chi connectivity index (χ1) is 15.2. The summed E-state index contributed by atoms with van der Waals surface area (Å²) in [5, 5.41) is 25.0. The van der Waals surface area contributed by atoms with Crippen LogP contribution in [-0.2, 0) is 10.0 Å². The average molecular weight is 475 g/mol. The molecule has 0 saturated carbocycles. The van der Waals surface area contributed by atoms with Gasteiger partial charge < -0.3 is 5.11 Å². The molecule has 0 aromatic heterocycles. The normalized spacial score (nSPS) is 11.3. The number of aromatic carboxylic acids is 1. The van der Waals surface area contributed by atoms with Crippen LogP contribution >= 0.6 is 11.6 Å². The van der Waals surface area contributed by atoms with Gasteiger partial charge in [0.15, 0.2) is 0 Å². The number of non-ortho nitro benzene ring substituents is 1. The first-order valence-electron chi connectivity index (χ1n) is 8.85. The quantitative estimate of drug-likeness (QED) is 0.251. The van der Waals surface area contributed by atoms with E-state index in [1.165, 1.54) is 36.5 Å². The van der Waals surface area contributed by atoms with Gasteiger partial charge in [-0.3, -0.25) is 20.3 Å². The topological polar surface area (TPSA) is 151 Å². The molecule has 0 heterocycles. The predicted molar refractivity (Wildman–Crippen MR) is 120 cm³/mol. The van der Waals surface area contributed by atoms with Gasteiger partial charge in [0.2, 0.25) is 0 Å². The molecule has 3 rings (SSSR count). The second-order valence-corrected chi connectivity index (χ2v) is 8.40. The van der Waals surface area contributed by atoms with Crippen LogP contribution in [0.15, 0.2) is 76.7 Å². The SMILES string of the molecule is O=C(O)c1ccccc1NS(=O)(=O)c1cc([N+](=O)[O-])ccc1NN=Cc1ccc(Cl)cc1. The van der Waals surface area contributed by atoms with Crippen LogP contribution in [-0.4, -0.2) is 30.6 Å².